The summed E-state index contributed by atoms with van der Waals surface area (Å²) in [7, 11) is -4.58. The molecule has 1 amide bonds. The Bertz CT molecular complexity index is 630. The molecule has 0 saturated heterocycles. The van der Waals surface area contributed by atoms with Gasteiger partial charge in [-0.1, -0.05) is 0 Å². The number of nitrogens with one attached hydrogen (secondary N) is 1. The first-order valence-corrected chi connectivity index (χ1v) is 8.10. The van der Waals surface area contributed by atoms with Crippen LogP contribution in [-0.4, -0.2) is 33.3 Å². The van der Waals surface area contributed by atoms with Gasteiger partial charge in [-0.2, -0.15) is 17.2 Å². The molecule has 126 valence electrons. The molecule has 0 aromatic carbocycles. The standard InChI is InChI=1S/C11H13F4NO4S2/c1-6(16-7(2)17)8-3-4-9(21-8)22(18,19)20-5-11(14,15)10(12)13/h3-4,6,10H,5H2,1-2H3,(H,16,17). The van der Waals surface area contributed by atoms with Gasteiger partial charge in [0.1, 0.15) is 10.8 Å². The number of thiophene rings is 1. The summed E-state index contributed by atoms with van der Waals surface area (Å²) in [6.45, 7) is 0.925. The maximum Gasteiger partial charge on any atom is 0.331 e. The highest BCUT2D eigenvalue weighted by Gasteiger charge is 2.42. The van der Waals surface area contributed by atoms with Crippen LogP contribution in [0.25, 0.3) is 0 Å². The Hall–Kier alpha value is -1.20. The molecule has 1 N–H and O–H groups in total. The van der Waals surface area contributed by atoms with Gasteiger partial charge in [0, 0.05) is 11.8 Å². The lowest BCUT2D eigenvalue weighted by Crippen LogP contribution is -2.33. The van der Waals surface area contributed by atoms with Crippen LogP contribution in [0, 0.1) is 0 Å². The first kappa shape index (κ1) is 18.8. The van der Waals surface area contributed by atoms with Gasteiger partial charge in [-0.15, -0.1) is 11.3 Å². The van der Waals surface area contributed by atoms with Crippen LogP contribution in [0.2, 0.25) is 0 Å². The predicted molar refractivity (Wildman–Crippen MR) is 70.6 cm³/mol. The van der Waals surface area contributed by atoms with E-state index in [4.69, 9.17) is 0 Å². The van der Waals surface area contributed by atoms with Crippen LogP contribution < -0.4 is 5.32 Å². The second-order valence-electron chi connectivity index (χ2n) is 4.36. The SMILES string of the molecule is CC(=O)NC(C)c1ccc(S(=O)(=O)OCC(F)(F)C(F)F)s1. The summed E-state index contributed by atoms with van der Waals surface area (Å²) in [6, 6.07) is 1.97. The number of hydrogen-bond acceptors (Lipinski definition) is 5. The second-order valence-corrected chi connectivity index (χ2v) is 7.31. The zero-order valence-corrected chi connectivity index (χ0v) is 13.1. The first-order valence-electron chi connectivity index (χ1n) is 5.88. The van der Waals surface area contributed by atoms with E-state index in [1.165, 1.54) is 13.0 Å². The Morgan fingerprint density at radius 3 is 2.50 bits per heavy atom. The van der Waals surface area contributed by atoms with E-state index in [1.807, 2.05) is 0 Å². The molecular formula is C11H13F4NO4S2. The lowest BCUT2D eigenvalue weighted by molar-refractivity contribution is -0.147. The minimum Gasteiger partial charge on any atom is -0.349 e. The number of hydrogen-bond donors (Lipinski definition) is 1. The van der Waals surface area contributed by atoms with Crippen molar-refractivity contribution in [3.8, 4) is 0 Å². The smallest absolute Gasteiger partial charge is 0.331 e. The predicted octanol–water partition coefficient (Wildman–Crippen LogP) is 2.55. The molecule has 1 heterocycles. The molecule has 11 heteroatoms. The highest BCUT2D eigenvalue weighted by Crippen LogP contribution is 2.30. The molecule has 0 aliphatic rings. The average Bonchev–Trinajstić information content (AvgIpc) is 2.86. The van der Waals surface area contributed by atoms with E-state index in [1.54, 1.807) is 6.92 Å². The summed E-state index contributed by atoms with van der Waals surface area (Å²) in [5.74, 6) is -4.89. The lowest BCUT2D eigenvalue weighted by Gasteiger charge is -2.14. The van der Waals surface area contributed by atoms with Gasteiger partial charge >= 0.3 is 22.5 Å². The van der Waals surface area contributed by atoms with Gasteiger partial charge in [-0.3, -0.25) is 8.98 Å². The van der Waals surface area contributed by atoms with Gasteiger partial charge in [0.25, 0.3) is 0 Å². The van der Waals surface area contributed by atoms with Gasteiger partial charge in [-0.25, -0.2) is 8.78 Å². The van der Waals surface area contributed by atoms with Crippen molar-refractivity contribution in [2.24, 2.45) is 0 Å². The Labute approximate surface area is 128 Å². The van der Waals surface area contributed by atoms with Crippen LogP contribution in [0.3, 0.4) is 0 Å². The van der Waals surface area contributed by atoms with Crippen molar-refractivity contribution in [3.05, 3.63) is 17.0 Å². The van der Waals surface area contributed by atoms with Crippen LogP contribution in [0.5, 0.6) is 0 Å². The number of rotatable bonds is 7. The normalized spacial score (nSPS) is 14.1. The molecular weight excluding hydrogens is 350 g/mol. The van der Waals surface area contributed by atoms with E-state index in [9.17, 15) is 30.8 Å². The van der Waals surface area contributed by atoms with Crippen molar-refractivity contribution in [1.82, 2.24) is 5.32 Å². The van der Waals surface area contributed by atoms with E-state index < -0.39 is 39.3 Å². The van der Waals surface area contributed by atoms with Crippen molar-refractivity contribution in [1.29, 1.82) is 0 Å². The summed E-state index contributed by atoms with van der Waals surface area (Å²) in [4.78, 5) is 11.3. The molecule has 1 aromatic heterocycles. The number of alkyl halides is 4. The Morgan fingerprint density at radius 2 is 2.00 bits per heavy atom. The topological polar surface area (TPSA) is 72.5 Å². The Kier molecular flexibility index (Phi) is 5.93. The van der Waals surface area contributed by atoms with Crippen LogP contribution in [0.1, 0.15) is 24.8 Å². The molecule has 0 bridgehead atoms. The van der Waals surface area contributed by atoms with Crippen LogP contribution >= 0.6 is 11.3 Å². The maximum absolute atomic E-state index is 12.7. The summed E-state index contributed by atoms with van der Waals surface area (Å²) in [5, 5.41) is 2.51. The van der Waals surface area contributed by atoms with Crippen LogP contribution in [0.4, 0.5) is 17.6 Å². The van der Waals surface area contributed by atoms with E-state index >= 15 is 0 Å². The van der Waals surface area contributed by atoms with Crippen molar-refractivity contribution < 1.29 is 35.0 Å². The van der Waals surface area contributed by atoms with Gasteiger partial charge < -0.3 is 5.32 Å². The molecule has 0 aliphatic carbocycles. The van der Waals surface area contributed by atoms with Gasteiger partial charge in [-0.05, 0) is 19.1 Å². The van der Waals surface area contributed by atoms with Gasteiger partial charge in [0.05, 0.1) is 6.04 Å². The lowest BCUT2D eigenvalue weighted by atomic mass is 10.3. The van der Waals surface area contributed by atoms with Gasteiger partial charge in [0.15, 0.2) is 0 Å². The van der Waals surface area contributed by atoms with Crippen molar-refractivity contribution in [2.75, 3.05) is 6.61 Å². The second kappa shape index (κ2) is 6.92. The summed E-state index contributed by atoms with van der Waals surface area (Å²) < 4.78 is 76.2. The third-order valence-corrected chi connectivity index (χ3v) is 5.40. The molecule has 0 radical (unpaired) electrons. The van der Waals surface area contributed by atoms with Gasteiger partial charge in [0.2, 0.25) is 5.91 Å². The maximum atomic E-state index is 12.7. The number of amides is 1. The minimum atomic E-state index is -4.58. The molecule has 0 fully saturated rings. The average molecular weight is 363 g/mol. The molecule has 0 saturated carbocycles. The Morgan fingerprint density at radius 1 is 1.41 bits per heavy atom. The van der Waals surface area contributed by atoms with E-state index in [0.29, 0.717) is 16.2 Å². The molecule has 22 heavy (non-hydrogen) atoms. The molecule has 0 spiro atoms. The fourth-order valence-corrected chi connectivity index (χ4v) is 3.60. The number of carbonyl (C=O) groups is 1. The van der Waals surface area contributed by atoms with Crippen LogP contribution in [0.15, 0.2) is 16.3 Å². The van der Waals surface area contributed by atoms with Crippen molar-refractivity contribution >= 4 is 27.4 Å². The molecule has 0 aliphatic heterocycles. The fourth-order valence-electron chi connectivity index (χ4n) is 1.35. The molecule has 1 atom stereocenters. The van der Waals surface area contributed by atoms with E-state index in [0.717, 1.165) is 6.07 Å². The quantitative estimate of drug-likeness (QED) is 0.597. The van der Waals surface area contributed by atoms with E-state index in [-0.39, 0.29) is 5.91 Å². The largest absolute Gasteiger partial charge is 0.349 e. The third-order valence-electron chi connectivity index (χ3n) is 2.42. The zero-order chi connectivity index (χ0) is 17.1. The summed E-state index contributed by atoms with van der Waals surface area (Å²) in [5.41, 5.74) is 0. The van der Waals surface area contributed by atoms with Crippen LogP contribution in [-0.2, 0) is 19.1 Å². The van der Waals surface area contributed by atoms with Crippen molar-refractivity contribution in [3.63, 3.8) is 0 Å². The highest BCUT2D eigenvalue weighted by atomic mass is 32.3. The summed E-state index contributed by atoms with van der Waals surface area (Å²) in [6.07, 6.45) is -4.03. The summed E-state index contributed by atoms with van der Waals surface area (Å²) >= 11 is 0.689. The molecule has 1 rings (SSSR count). The molecule has 5 nitrogen and oxygen atoms in total. The fraction of sp³-hybridized carbons (Fsp3) is 0.545. The van der Waals surface area contributed by atoms with E-state index in [2.05, 4.69) is 9.50 Å². The third kappa shape index (κ3) is 4.92. The zero-order valence-electron chi connectivity index (χ0n) is 11.5. The minimum absolute atomic E-state index is 0.335. The number of carbonyl (C=O) groups excluding carboxylic acids is 1. The number of halogens is 4. The highest BCUT2D eigenvalue weighted by molar-refractivity contribution is 7.89. The monoisotopic (exact) mass is 363 g/mol. The molecule has 1 aromatic rings. The first-order chi connectivity index (χ1) is 9.95. The van der Waals surface area contributed by atoms with Crippen molar-refractivity contribution in [2.45, 2.75) is 36.4 Å². The Balaban J connectivity index is 2.83. The molecule has 1 unspecified atom stereocenters.